The lowest BCUT2D eigenvalue weighted by atomic mass is 10.2. The zero-order valence-electron chi connectivity index (χ0n) is 10.9. The minimum atomic E-state index is -3.37. The molecule has 0 unspecified atom stereocenters. The highest BCUT2D eigenvalue weighted by Crippen LogP contribution is 2.23. The van der Waals surface area contributed by atoms with E-state index in [9.17, 15) is 13.2 Å². The Kier molecular flexibility index (Phi) is 5.17. The first-order valence-electron chi connectivity index (χ1n) is 5.57. The number of benzene rings is 1. The van der Waals surface area contributed by atoms with Crippen molar-refractivity contribution in [3.63, 3.8) is 0 Å². The molecule has 0 aromatic heterocycles. The van der Waals surface area contributed by atoms with Crippen molar-refractivity contribution in [2.45, 2.75) is 12.2 Å². The summed E-state index contributed by atoms with van der Waals surface area (Å²) in [5, 5.41) is 0. The summed E-state index contributed by atoms with van der Waals surface area (Å²) in [6.07, 6.45) is -0.148. The Hall–Kier alpha value is -1.76. The minimum absolute atomic E-state index is 0.148. The van der Waals surface area contributed by atoms with Gasteiger partial charge in [0.2, 0.25) is 0 Å². The molecule has 0 aliphatic rings. The molecule has 106 valence electrons. The molecule has 0 spiro atoms. The summed E-state index contributed by atoms with van der Waals surface area (Å²) in [7, 11) is -0.667. The molecule has 0 aliphatic carbocycles. The van der Waals surface area contributed by atoms with Crippen LogP contribution in [0.5, 0.6) is 5.75 Å². The summed E-state index contributed by atoms with van der Waals surface area (Å²) in [5.74, 6) is -0.461. The molecular weight excluding hydrogens is 270 g/mol. The highest BCUT2D eigenvalue weighted by atomic mass is 32.2. The maximum atomic E-state index is 11.8. The summed E-state index contributed by atoms with van der Waals surface area (Å²) in [6, 6.07) is 4.79. The molecule has 0 heterocycles. The van der Waals surface area contributed by atoms with Gasteiger partial charge in [0.1, 0.15) is 5.75 Å². The zero-order chi connectivity index (χ0) is 14.5. The molecule has 0 saturated carbocycles. The van der Waals surface area contributed by atoms with Gasteiger partial charge in [-0.25, -0.2) is 8.42 Å². The lowest BCUT2D eigenvalue weighted by Gasteiger charge is -2.08. The van der Waals surface area contributed by atoms with Crippen LogP contribution in [0.2, 0.25) is 0 Å². The minimum Gasteiger partial charge on any atom is -0.495 e. The van der Waals surface area contributed by atoms with E-state index in [0.29, 0.717) is 17.0 Å². The van der Waals surface area contributed by atoms with Gasteiger partial charge in [-0.1, -0.05) is 6.07 Å². The average Bonchev–Trinajstić information content (AvgIpc) is 2.36. The third kappa shape index (κ3) is 4.78. The summed E-state index contributed by atoms with van der Waals surface area (Å²) in [4.78, 5) is 10.9. The molecule has 0 atom stereocenters. The first kappa shape index (κ1) is 15.3. The molecule has 1 rings (SSSR count). The number of esters is 1. The van der Waals surface area contributed by atoms with Crippen LogP contribution in [0.3, 0.4) is 0 Å². The van der Waals surface area contributed by atoms with E-state index in [-0.39, 0.29) is 17.9 Å². The van der Waals surface area contributed by atoms with Gasteiger partial charge >= 0.3 is 5.97 Å². The first-order valence-corrected chi connectivity index (χ1v) is 7.39. The maximum Gasteiger partial charge on any atom is 0.306 e. The number of hydrogen-bond donors (Lipinski definition) is 1. The van der Waals surface area contributed by atoms with E-state index in [1.807, 2.05) is 0 Å². The van der Waals surface area contributed by atoms with Crippen LogP contribution in [0.25, 0.3) is 0 Å². The van der Waals surface area contributed by atoms with Crippen molar-refractivity contribution in [3.8, 4) is 5.75 Å². The number of carbonyl (C=O) groups excluding carboxylic acids is 1. The van der Waals surface area contributed by atoms with E-state index in [0.717, 1.165) is 0 Å². The number of rotatable bonds is 6. The second-order valence-electron chi connectivity index (χ2n) is 3.99. The predicted molar refractivity (Wildman–Crippen MR) is 71.5 cm³/mol. The molecular formula is C12H17NO5S. The van der Waals surface area contributed by atoms with Crippen molar-refractivity contribution in [2.24, 2.45) is 0 Å². The summed E-state index contributed by atoms with van der Waals surface area (Å²) >= 11 is 0. The Morgan fingerprint density at radius 2 is 2.00 bits per heavy atom. The molecule has 19 heavy (non-hydrogen) atoms. The van der Waals surface area contributed by atoms with Gasteiger partial charge < -0.3 is 15.2 Å². The van der Waals surface area contributed by atoms with Crippen molar-refractivity contribution in [2.75, 3.05) is 25.7 Å². The van der Waals surface area contributed by atoms with E-state index >= 15 is 0 Å². The van der Waals surface area contributed by atoms with Crippen LogP contribution in [-0.4, -0.2) is 34.4 Å². The number of anilines is 1. The fourth-order valence-electron chi connectivity index (χ4n) is 1.54. The maximum absolute atomic E-state index is 11.8. The molecule has 0 amide bonds. The SMILES string of the molecule is COC(=O)CCS(=O)(=O)Cc1ccc(OC)c(N)c1. The topological polar surface area (TPSA) is 95.7 Å². The van der Waals surface area contributed by atoms with Crippen LogP contribution in [0.15, 0.2) is 18.2 Å². The molecule has 0 bridgehead atoms. The molecule has 0 saturated heterocycles. The standard InChI is InChI=1S/C12H17NO5S/c1-17-11-4-3-9(7-10(11)13)8-19(15,16)6-5-12(14)18-2/h3-4,7H,5-6,8,13H2,1-2H3. The quantitative estimate of drug-likeness (QED) is 0.613. The highest BCUT2D eigenvalue weighted by Gasteiger charge is 2.15. The molecule has 6 nitrogen and oxygen atoms in total. The van der Waals surface area contributed by atoms with Gasteiger partial charge in [-0.2, -0.15) is 0 Å². The van der Waals surface area contributed by atoms with Crippen LogP contribution >= 0.6 is 0 Å². The fourth-order valence-corrected chi connectivity index (χ4v) is 2.85. The van der Waals surface area contributed by atoms with Gasteiger partial charge in [-0.15, -0.1) is 0 Å². The first-order chi connectivity index (χ1) is 8.88. The van der Waals surface area contributed by atoms with Gasteiger partial charge in [0.15, 0.2) is 9.84 Å². The Morgan fingerprint density at radius 3 is 2.53 bits per heavy atom. The van der Waals surface area contributed by atoms with E-state index in [2.05, 4.69) is 4.74 Å². The number of nitrogen functional groups attached to an aromatic ring is 1. The van der Waals surface area contributed by atoms with E-state index in [1.165, 1.54) is 14.2 Å². The number of sulfone groups is 1. The largest absolute Gasteiger partial charge is 0.495 e. The lowest BCUT2D eigenvalue weighted by Crippen LogP contribution is -2.14. The van der Waals surface area contributed by atoms with E-state index in [1.54, 1.807) is 18.2 Å². The van der Waals surface area contributed by atoms with Crippen LogP contribution in [0, 0.1) is 0 Å². The van der Waals surface area contributed by atoms with Crippen molar-refractivity contribution in [3.05, 3.63) is 23.8 Å². The summed E-state index contributed by atoms with van der Waals surface area (Å²) in [6.45, 7) is 0. The van der Waals surface area contributed by atoms with Gasteiger partial charge in [0, 0.05) is 0 Å². The molecule has 0 aliphatic heterocycles. The third-order valence-electron chi connectivity index (χ3n) is 2.53. The van der Waals surface area contributed by atoms with Crippen molar-refractivity contribution >= 4 is 21.5 Å². The Morgan fingerprint density at radius 1 is 1.32 bits per heavy atom. The molecule has 1 aromatic rings. The average molecular weight is 287 g/mol. The monoisotopic (exact) mass is 287 g/mol. The Labute approximate surface area is 112 Å². The van der Waals surface area contributed by atoms with Crippen molar-refractivity contribution in [1.82, 2.24) is 0 Å². The molecule has 1 aromatic carbocycles. The lowest BCUT2D eigenvalue weighted by molar-refractivity contribution is -0.140. The van der Waals surface area contributed by atoms with Crippen molar-refractivity contribution in [1.29, 1.82) is 0 Å². The number of carbonyl (C=O) groups is 1. The van der Waals surface area contributed by atoms with Gasteiger partial charge in [-0.3, -0.25) is 4.79 Å². The van der Waals surface area contributed by atoms with Crippen LogP contribution < -0.4 is 10.5 Å². The van der Waals surface area contributed by atoms with E-state index in [4.69, 9.17) is 10.5 Å². The molecule has 2 N–H and O–H groups in total. The summed E-state index contributed by atoms with van der Waals surface area (Å²) in [5.41, 5.74) is 6.64. The van der Waals surface area contributed by atoms with Gasteiger partial charge in [-0.05, 0) is 17.7 Å². The number of hydrogen-bond acceptors (Lipinski definition) is 6. The van der Waals surface area contributed by atoms with Gasteiger partial charge in [0.25, 0.3) is 0 Å². The normalized spacial score (nSPS) is 11.1. The Balaban J connectivity index is 2.73. The van der Waals surface area contributed by atoms with Crippen LogP contribution in [0.1, 0.15) is 12.0 Å². The molecule has 0 radical (unpaired) electrons. The third-order valence-corrected chi connectivity index (χ3v) is 4.12. The number of ether oxygens (including phenoxy) is 2. The second kappa shape index (κ2) is 6.42. The Bertz CT molecular complexity index is 553. The van der Waals surface area contributed by atoms with Crippen LogP contribution in [0.4, 0.5) is 5.69 Å². The summed E-state index contributed by atoms with van der Waals surface area (Å²) < 4.78 is 33.0. The fraction of sp³-hybridized carbons (Fsp3) is 0.417. The van der Waals surface area contributed by atoms with Crippen LogP contribution in [-0.2, 0) is 25.1 Å². The smallest absolute Gasteiger partial charge is 0.306 e. The zero-order valence-corrected chi connectivity index (χ0v) is 11.7. The second-order valence-corrected chi connectivity index (χ2v) is 6.18. The highest BCUT2D eigenvalue weighted by molar-refractivity contribution is 7.90. The predicted octanol–water partition coefficient (Wildman–Crippen LogP) is 0.755. The number of methoxy groups -OCH3 is 2. The van der Waals surface area contributed by atoms with Crippen molar-refractivity contribution < 1.29 is 22.7 Å². The molecule has 7 heteroatoms. The number of nitrogens with two attached hydrogens (primary N) is 1. The molecule has 0 fully saturated rings. The van der Waals surface area contributed by atoms with Gasteiger partial charge in [0.05, 0.1) is 37.8 Å². The van der Waals surface area contributed by atoms with E-state index < -0.39 is 15.8 Å².